The summed E-state index contributed by atoms with van der Waals surface area (Å²) in [6.07, 6.45) is 1.82. The molecule has 132 valence electrons. The Balaban J connectivity index is 1.66. The number of hydrogen-bond acceptors (Lipinski definition) is 3. The number of halogens is 1. The zero-order chi connectivity index (χ0) is 18.4. The van der Waals surface area contributed by atoms with Crippen molar-refractivity contribution < 1.29 is 4.74 Å². The number of para-hydroxylation sites is 1. The van der Waals surface area contributed by atoms with Crippen LogP contribution in [0.1, 0.15) is 22.3 Å². The fraction of sp³-hybridized carbons (Fsp3) is 0.136. The molecule has 3 aromatic carbocycles. The SMILES string of the molecule is Cc1cc(/C=N/Nc2ccccc2)cc(C)c1OCc1ccc(Br)cc1. The van der Waals surface area contributed by atoms with Crippen LogP contribution < -0.4 is 10.2 Å². The molecular formula is C22H21BrN2O. The van der Waals surface area contributed by atoms with Crippen LogP contribution in [0, 0.1) is 13.8 Å². The van der Waals surface area contributed by atoms with Crippen molar-refractivity contribution in [3.05, 3.63) is 93.5 Å². The lowest BCUT2D eigenvalue weighted by atomic mass is 10.1. The summed E-state index contributed by atoms with van der Waals surface area (Å²) in [4.78, 5) is 0. The molecule has 0 heterocycles. The van der Waals surface area contributed by atoms with Gasteiger partial charge < -0.3 is 4.74 Å². The van der Waals surface area contributed by atoms with Crippen LogP contribution in [-0.2, 0) is 6.61 Å². The topological polar surface area (TPSA) is 33.6 Å². The minimum absolute atomic E-state index is 0.554. The maximum atomic E-state index is 6.05. The Hall–Kier alpha value is -2.59. The maximum absolute atomic E-state index is 6.05. The number of aryl methyl sites for hydroxylation is 2. The lowest BCUT2D eigenvalue weighted by Gasteiger charge is -2.13. The lowest BCUT2D eigenvalue weighted by molar-refractivity contribution is 0.302. The van der Waals surface area contributed by atoms with Gasteiger partial charge in [-0.15, -0.1) is 0 Å². The van der Waals surface area contributed by atoms with Gasteiger partial charge in [0.25, 0.3) is 0 Å². The van der Waals surface area contributed by atoms with Crippen LogP contribution in [-0.4, -0.2) is 6.21 Å². The van der Waals surface area contributed by atoms with E-state index in [9.17, 15) is 0 Å². The molecule has 4 heteroatoms. The molecule has 0 amide bonds. The molecule has 0 bridgehead atoms. The van der Waals surface area contributed by atoms with Gasteiger partial charge in [0.1, 0.15) is 12.4 Å². The van der Waals surface area contributed by atoms with Crippen LogP contribution in [0.25, 0.3) is 0 Å². The summed E-state index contributed by atoms with van der Waals surface area (Å²) in [6, 6.07) is 22.2. The molecule has 0 aliphatic rings. The monoisotopic (exact) mass is 408 g/mol. The first-order chi connectivity index (χ1) is 12.6. The van der Waals surface area contributed by atoms with Crippen LogP contribution >= 0.6 is 15.9 Å². The molecule has 0 atom stereocenters. The van der Waals surface area contributed by atoms with E-state index in [4.69, 9.17) is 4.74 Å². The lowest BCUT2D eigenvalue weighted by Crippen LogP contribution is -2.00. The molecule has 0 aliphatic carbocycles. The van der Waals surface area contributed by atoms with Gasteiger partial charge in [0.15, 0.2) is 0 Å². The molecule has 0 saturated heterocycles. The Kier molecular flexibility index (Phi) is 6.08. The van der Waals surface area contributed by atoms with Crippen LogP contribution in [0.2, 0.25) is 0 Å². The third kappa shape index (κ3) is 4.96. The first kappa shape index (κ1) is 18.2. The summed E-state index contributed by atoms with van der Waals surface area (Å²) in [6.45, 7) is 4.68. The van der Waals surface area contributed by atoms with Gasteiger partial charge in [-0.1, -0.05) is 46.3 Å². The number of ether oxygens (including phenoxy) is 1. The van der Waals surface area contributed by atoms with Gasteiger partial charge in [-0.05, 0) is 72.5 Å². The average Bonchev–Trinajstić information content (AvgIpc) is 2.63. The van der Waals surface area contributed by atoms with Gasteiger partial charge in [-0.25, -0.2) is 0 Å². The Morgan fingerprint density at radius 1 is 0.962 bits per heavy atom. The normalized spacial score (nSPS) is 10.9. The highest BCUT2D eigenvalue weighted by Crippen LogP contribution is 2.25. The molecule has 1 N–H and O–H groups in total. The standard InChI is InChI=1S/C22H21BrN2O/c1-16-12-19(14-24-25-21-6-4-3-5-7-21)13-17(2)22(16)26-15-18-8-10-20(23)11-9-18/h3-14,25H,15H2,1-2H3/b24-14+. The molecule has 0 fully saturated rings. The molecule has 3 rings (SSSR count). The van der Waals surface area contributed by atoms with Crippen LogP contribution in [0.5, 0.6) is 5.75 Å². The van der Waals surface area contributed by atoms with Crippen molar-refractivity contribution in [3.8, 4) is 5.75 Å². The summed E-state index contributed by atoms with van der Waals surface area (Å²) in [5.74, 6) is 0.932. The van der Waals surface area contributed by atoms with E-state index in [0.29, 0.717) is 6.61 Å². The van der Waals surface area contributed by atoms with E-state index in [-0.39, 0.29) is 0 Å². The first-order valence-corrected chi connectivity index (χ1v) is 9.24. The van der Waals surface area contributed by atoms with Crippen LogP contribution in [0.3, 0.4) is 0 Å². The second-order valence-corrected chi connectivity index (χ2v) is 7.05. The fourth-order valence-electron chi connectivity index (χ4n) is 2.72. The zero-order valence-electron chi connectivity index (χ0n) is 14.9. The van der Waals surface area contributed by atoms with E-state index in [1.165, 1.54) is 0 Å². The van der Waals surface area contributed by atoms with Crippen LogP contribution in [0.15, 0.2) is 76.3 Å². The molecule has 3 aromatic rings. The number of hydrogen-bond donors (Lipinski definition) is 1. The van der Waals surface area contributed by atoms with Gasteiger partial charge in [-0.2, -0.15) is 5.10 Å². The van der Waals surface area contributed by atoms with Gasteiger partial charge in [0.2, 0.25) is 0 Å². The zero-order valence-corrected chi connectivity index (χ0v) is 16.5. The van der Waals surface area contributed by atoms with E-state index < -0.39 is 0 Å². The van der Waals surface area contributed by atoms with Crippen molar-refractivity contribution in [1.82, 2.24) is 0 Å². The Bertz CT molecular complexity index is 867. The van der Waals surface area contributed by atoms with Gasteiger partial charge >= 0.3 is 0 Å². The number of nitrogens with zero attached hydrogens (tertiary/aromatic N) is 1. The summed E-state index contributed by atoms with van der Waals surface area (Å²) < 4.78 is 7.12. The summed E-state index contributed by atoms with van der Waals surface area (Å²) in [5.41, 5.74) is 8.38. The number of nitrogens with one attached hydrogen (secondary N) is 1. The third-order valence-corrected chi connectivity index (χ3v) is 4.49. The molecule has 0 spiro atoms. The van der Waals surface area contributed by atoms with Crippen molar-refractivity contribution in [1.29, 1.82) is 0 Å². The van der Waals surface area contributed by atoms with Gasteiger partial charge in [-0.3, -0.25) is 5.43 Å². The van der Waals surface area contributed by atoms with Crippen molar-refractivity contribution >= 4 is 27.8 Å². The highest BCUT2D eigenvalue weighted by molar-refractivity contribution is 9.10. The number of rotatable bonds is 6. The largest absolute Gasteiger partial charge is 0.488 e. The molecule has 3 nitrogen and oxygen atoms in total. The highest BCUT2D eigenvalue weighted by Gasteiger charge is 2.06. The summed E-state index contributed by atoms with van der Waals surface area (Å²) in [5, 5.41) is 4.31. The minimum atomic E-state index is 0.554. The maximum Gasteiger partial charge on any atom is 0.125 e. The van der Waals surface area contributed by atoms with E-state index in [0.717, 1.165) is 38.2 Å². The Morgan fingerprint density at radius 3 is 2.27 bits per heavy atom. The van der Waals surface area contributed by atoms with E-state index in [1.807, 2.05) is 48.7 Å². The van der Waals surface area contributed by atoms with E-state index in [2.05, 4.69) is 64.6 Å². The first-order valence-electron chi connectivity index (χ1n) is 8.44. The highest BCUT2D eigenvalue weighted by atomic mass is 79.9. The molecule has 0 unspecified atom stereocenters. The molecule has 0 aromatic heterocycles. The summed E-state index contributed by atoms with van der Waals surface area (Å²) in [7, 11) is 0. The third-order valence-electron chi connectivity index (χ3n) is 3.96. The predicted octanol–water partition coefficient (Wildman–Crippen LogP) is 6.09. The van der Waals surface area contributed by atoms with Crippen molar-refractivity contribution in [2.75, 3.05) is 5.43 Å². The van der Waals surface area contributed by atoms with Crippen molar-refractivity contribution in [2.45, 2.75) is 20.5 Å². The quantitative estimate of drug-likeness (QED) is 0.395. The average molecular weight is 409 g/mol. The molecule has 0 aliphatic heterocycles. The summed E-state index contributed by atoms with van der Waals surface area (Å²) >= 11 is 3.45. The fourth-order valence-corrected chi connectivity index (χ4v) is 2.98. The molecular weight excluding hydrogens is 388 g/mol. The molecule has 26 heavy (non-hydrogen) atoms. The second-order valence-electron chi connectivity index (χ2n) is 6.13. The smallest absolute Gasteiger partial charge is 0.125 e. The van der Waals surface area contributed by atoms with Gasteiger partial charge in [0, 0.05) is 4.47 Å². The van der Waals surface area contributed by atoms with Crippen molar-refractivity contribution in [3.63, 3.8) is 0 Å². The van der Waals surface area contributed by atoms with E-state index in [1.54, 1.807) is 0 Å². The number of benzene rings is 3. The predicted molar refractivity (Wildman–Crippen MR) is 112 cm³/mol. The number of hydrazone groups is 1. The van der Waals surface area contributed by atoms with Gasteiger partial charge in [0.05, 0.1) is 11.9 Å². The number of anilines is 1. The molecule has 0 radical (unpaired) electrons. The minimum Gasteiger partial charge on any atom is -0.488 e. The van der Waals surface area contributed by atoms with Crippen molar-refractivity contribution in [2.24, 2.45) is 5.10 Å². The Morgan fingerprint density at radius 2 is 1.62 bits per heavy atom. The second kappa shape index (κ2) is 8.68. The molecule has 0 saturated carbocycles. The van der Waals surface area contributed by atoms with E-state index >= 15 is 0 Å². The Labute approximate surface area is 162 Å². The van der Waals surface area contributed by atoms with Crippen LogP contribution in [0.4, 0.5) is 5.69 Å².